The number of para-hydroxylation sites is 1. The molecule has 0 aliphatic carbocycles. The number of hydrogen-bond donors (Lipinski definition) is 3. The van der Waals surface area contributed by atoms with Gasteiger partial charge in [-0.15, -0.1) is 11.8 Å². The highest BCUT2D eigenvalue weighted by molar-refractivity contribution is 8.02. The van der Waals surface area contributed by atoms with Crippen LogP contribution >= 0.6 is 23.4 Å². The number of aliphatic hydroxyl groups excluding tert-OH is 1. The minimum absolute atomic E-state index is 0.00508. The second kappa shape index (κ2) is 9.70. The molecule has 3 aliphatic heterocycles. The fourth-order valence-corrected chi connectivity index (χ4v) is 8.89. The molecule has 7 atom stereocenters. The Kier molecular flexibility index (Phi) is 7.23. The molecule has 1 aromatic rings. The third kappa shape index (κ3) is 3.73. The molecule has 9 heteroatoms. The standard InChI is InChI=1S/C25H34ClN3O4S/c1-5-10-27-22(31)18-17-11-14(4)25(34-17)19(18)24(33)29(15(6-2)12-30)21(25)23(32)28-20-13(3)8-7-9-16(20)26/h7-9,14-15,17-19,21,30H,5-6,10-12H2,1-4H3,(H,27,31)(H,28,32)/t14?,15-,17-,18+,19-,21?,25?/m0/s1. The molecule has 0 radical (unpaired) electrons. The van der Waals surface area contributed by atoms with Gasteiger partial charge < -0.3 is 20.6 Å². The van der Waals surface area contributed by atoms with E-state index < -0.39 is 28.7 Å². The fourth-order valence-electron chi connectivity index (χ4n) is 6.21. The summed E-state index contributed by atoms with van der Waals surface area (Å²) in [6, 6.07) is 4.11. The van der Waals surface area contributed by atoms with Gasteiger partial charge in [-0.05, 0) is 43.7 Å². The van der Waals surface area contributed by atoms with Gasteiger partial charge in [-0.3, -0.25) is 14.4 Å². The van der Waals surface area contributed by atoms with Crippen LogP contribution in [0.15, 0.2) is 18.2 Å². The minimum Gasteiger partial charge on any atom is -0.394 e. The average molecular weight is 508 g/mol. The summed E-state index contributed by atoms with van der Waals surface area (Å²) in [5.41, 5.74) is 1.36. The van der Waals surface area contributed by atoms with Gasteiger partial charge >= 0.3 is 0 Å². The molecule has 3 unspecified atom stereocenters. The molecule has 4 rings (SSSR count). The van der Waals surface area contributed by atoms with Gasteiger partial charge in [-0.2, -0.15) is 0 Å². The molecule has 3 N–H and O–H groups in total. The van der Waals surface area contributed by atoms with Crippen molar-refractivity contribution in [2.45, 2.75) is 69.0 Å². The average Bonchev–Trinajstić information content (AvgIpc) is 3.40. The van der Waals surface area contributed by atoms with Crippen molar-refractivity contribution in [3.8, 4) is 0 Å². The summed E-state index contributed by atoms with van der Waals surface area (Å²) in [6.45, 7) is 8.16. The molecule has 3 fully saturated rings. The predicted molar refractivity (Wildman–Crippen MR) is 135 cm³/mol. The number of likely N-dealkylation sites (tertiary alicyclic amines) is 1. The second-order valence-electron chi connectivity index (χ2n) is 9.75. The monoisotopic (exact) mass is 507 g/mol. The molecule has 0 saturated carbocycles. The van der Waals surface area contributed by atoms with Gasteiger partial charge in [-0.25, -0.2) is 0 Å². The summed E-state index contributed by atoms with van der Waals surface area (Å²) >= 11 is 8.03. The molecule has 7 nitrogen and oxygen atoms in total. The van der Waals surface area contributed by atoms with Crippen LogP contribution in [0.1, 0.15) is 45.6 Å². The molecule has 3 amide bonds. The van der Waals surface area contributed by atoms with Crippen molar-refractivity contribution in [1.29, 1.82) is 0 Å². The van der Waals surface area contributed by atoms with Crippen LogP contribution in [0.2, 0.25) is 5.02 Å². The van der Waals surface area contributed by atoms with E-state index in [1.165, 1.54) is 0 Å². The van der Waals surface area contributed by atoms with Gasteiger partial charge in [0.05, 0.1) is 39.9 Å². The van der Waals surface area contributed by atoms with Crippen molar-refractivity contribution < 1.29 is 19.5 Å². The second-order valence-corrected chi connectivity index (χ2v) is 11.7. The Morgan fingerprint density at radius 2 is 2.06 bits per heavy atom. The highest BCUT2D eigenvalue weighted by Crippen LogP contribution is 2.68. The summed E-state index contributed by atoms with van der Waals surface area (Å²) < 4.78 is -0.724. The molecule has 1 aromatic carbocycles. The SMILES string of the molecule is CCCNC(=O)[C@@H]1[C@@H]2CC(C)C3(S2)C(C(=O)Nc2c(C)cccc2Cl)N([C@@H](CC)CO)C(=O)[C@H]13. The number of thioether (sulfide) groups is 1. The van der Waals surface area contributed by atoms with Crippen LogP contribution in [0.5, 0.6) is 0 Å². The molecule has 0 aromatic heterocycles. The van der Waals surface area contributed by atoms with E-state index in [0.29, 0.717) is 23.7 Å². The first-order valence-corrected chi connectivity index (χ1v) is 13.4. The maximum atomic E-state index is 14.0. The van der Waals surface area contributed by atoms with Crippen molar-refractivity contribution in [2.75, 3.05) is 18.5 Å². The zero-order valence-electron chi connectivity index (χ0n) is 20.1. The van der Waals surface area contributed by atoms with Gasteiger partial charge in [0, 0.05) is 11.8 Å². The third-order valence-electron chi connectivity index (χ3n) is 7.83. The van der Waals surface area contributed by atoms with Gasteiger partial charge in [0.2, 0.25) is 17.7 Å². The number of rotatable bonds is 8. The van der Waals surface area contributed by atoms with Crippen LogP contribution in [0, 0.1) is 24.7 Å². The number of carbonyl (C=O) groups excluding carboxylic acids is 3. The highest BCUT2D eigenvalue weighted by atomic mass is 35.5. The molecule has 34 heavy (non-hydrogen) atoms. The van der Waals surface area contributed by atoms with Crippen LogP contribution in [0.4, 0.5) is 5.69 Å². The molecular formula is C25H34ClN3O4S. The number of fused-ring (bicyclic) bond motifs is 1. The number of aliphatic hydroxyl groups is 1. The van der Waals surface area contributed by atoms with E-state index >= 15 is 0 Å². The summed E-state index contributed by atoms with van der Waals surface area (Å²) in [6.07, 6.45) is 2.10. The Balaban J connectivity index is 1.78. The van der Waals surface area contributed by atoms with Crippen molar-refractivity contribution >= 4 is 46.8 Å². The summed E-state index contributed by atoms with van der Waals surface area (Å²) in [5, 5.41) is 16.5. The number of amides is 3. The molecule has 186 valence electrons. The van der Waals surface area contributed by atoms with E-state index in [-0.39, 0.29) is 35.5 Å². The highest BCUT2D eigenvalue weighted by Gasteiger charge is 2.76. The maximum Gasteiger partial charge on any atom is 0.248 e. The molecule has 3 heterocycles. The van der Waals surface area contributed by atoms with E-state index in [2.05, 4.69) is 17.6 Å². The number of benzene rings is 1. The van der Waals surface area contributed by atoms with E-state index in [4.69, 9.17) is 11.6 Å². The van der Waals surface area contributed by atoms with Crippen LogP contribution in [0.3, 0.4) is 0 Å². The summed E-state index contributed by atoms with van der Waals surface area (Å²) in [7, 11) is 0. The normalized spacial score (nSPS) is 32.6. The van der Waals surface area contributed by atoms with Crippen LogP contribution < -0.4 is 10.6 Å². The van der Waals surface area contributed by atoms with E-state index in [0.717, 1.165) is 18.4 Å². The van der Waals surface area contributed by atoms with Crippen LogP contribution in [0.25, 0.3) is 0 Å². The lowest BCUT2D eigenvalue weighted by molar-refractivity contribution is -0.142. The van der Waals surface area contributed by atoms with Crippen molar-refractivity contribution in [1.82, 2.24) is 10.2 Å². The topological polar surface area (TPSA) is 98.7 Å². The van der Waals surface area contributed by atoms with Crippen molar-refractivity contribution in [3.05, 3.63) is 28.8 Å². The van der Waals surface area contributed by atoms with Crippen LogP contribution in [-0.4, -0.2) is 63.0 Å². The summed E-state index contributed by atoms with van der Waals surface area (Å²) in [4.78, 5) is 42.7. The molecular weight excluding hydrogens is 474 g/mol. The zero-order valence-corrected chi connectivity index (χ0v) is 21.7. The largest absolute Gasteiger partial charge is 0.394 e. The Labute approximate surface area is 210 Å². The van der Waals surface area contributed by atoms with E-state index in [1.54, 1.807) is 22.7 Å². The Bertz CT molecular complexity index is 967. The van der Waals surface area contributed by atoms with Crippen molar-refractivity contribution in [2.24, 2.45) is 17.8 Å². The number of aryl methyl sites for hydroxylation is 1. The zero-order chi connectivity index (χ0) is 24.8. The van der Waals surface area contributed by atoms with Gasteiger partial charge in [0.25, 0.3) is 0 Å². The lowest BCUT2D eigenvalue weighted by Gasteiger charge is -2.40. The smallest absolute Gasteiger partial charge is 0.248 e. The first-order valence-electron chi connectivity index (χ1n) is 12.2. The maximum absolute atomic E-state index is 14.0. The van der Waals surface area contributed by atoms with E-state index in [9.17, 15) is 19.5 Å². The van der Waals surface area contributed by atoms with Crippen LogP contribution in [-0.2, 0) is 14.4 Å². The number of carbonyl (C=O) groups is 3. The van der Waals surface area contributed by atoms with E-state index in [1.807, 2.05) is 32.9 Å². The Hall–Kier alpha value is -1.77. The molecule has 1 spiro atoms. The predicted octanol–water partition coefficient (Wildman–Crippen LogP) is 3.22. The van der Waals surface area contributed by atoms with Crippen molar-refractivity contribution in [3.63, 3.8) is 0 Å². The van der Waals surface area contributed by atoms with Gasteiger partial charge in [-0.1, -0.05) is 44.5 Å². The first-order chi connectivity index (χ1) is 16.2. The number of nitrogens with one attached hydrogen (secondary N) is 2. The molecule has 2 bridgehead atoms. The number of nitrogens with zero attached hydrogens (tertiary/aromatic N) is 1. The molecule has 3 saturated heterocycles. The van der Waals surface area contributed by atoms with Gasteiger partial charge in [0.15, 0.2) is 0 Å². The summed E-state index contributed by atoms with van der Waals surface area (Å²) in [5.74, 6) is -1.61. The van der Waals surface area contributed by atoms with Gasteiger partial charge in [0.1, 0.15) is 6.04 Å². The Morgan fingerprint density at radius 3 is 2.68 bits per heavy atom. The lowest BCUT2D eigenvalue weighted by atomic mass is 9.66. The lowest BCUT2D eigenvalue weighted by Crippen LogP contribution is -2.57. The number of anilines is 1. The first kappa shape index (κ1) is 25.3. The fraction of sp³-hybridized carbons (Fsp3) is 0.640. The third-order valence-corrected chi connectivity index (χ3v) is 10.2. The minimum atomic E-state index is -0.799. The molecule has 3 aliphatic rings. The number of halogens is 1. The Morgan fingerprint density at radius 1 is 1.32 bits per heavy atom. The number of hydrogen-bond acceptors (Lipinski definition) is 5. The quantitative estimate of drug-likeness (QED) is 0.502.